The number of Topliss-reactive ketones (excluding diaryl/α,β-unsaturated/α-hetero) is 1. The second-order valence-corrected chi connectivity index (χ2v) is 10.3. The second kappa shape index (κ2) is 8.69. The Morgan fingerprint density at radius 3 is 2.26 bits per heavy atom. The summed E-state index contributed by atoms with van der Waals surface area (Å²) in [4.78, 5) is 26.8. The highest BCUT2D eigenvalue weighted by molar-refractivity contribution is 7.89. The minimum Gasteiger partial charge on any atom is -0.420 e. The van der Waals surface area contributed by atoms with Crippen LogP contribution in [0, 0.1) is 0 Å². The third-order valence-electron chi connectivity index (χ3n) is 5.82. The predicted octanol–water partition coefficient (Wildman–Crippen LogP) is 5.54. The van der Waals surface area contributed by atoms with Crippen molar-refractivity contribution in [2.24, 2.45) is 0 Å². The van der Waals surface area contributed by atoms with E-state index < -0.39 is 21.8 Å². The summed E-state index contributed by atoms with van der Waals surface area (Å²) in [6.07, 6.45) is 0. The van der Waals surface area contributed by atoms with E-state index >= 15 is 0 Å². The van der Waals surface area contributed by atoms with Crippen molar-refractivity contribution >= 4 is 49.9 Å². The third kappa shape index (κ3) is 3.88. The SMILES string of the molecule is CN1C(C(=O)c2ccc3ccccc3c2)=C(OC(=O)c2ccccc2Cl)c2ccccc2S1(=O)=O. The van der Waals surface area contributed by atoms with E-state index in [9.17, 15) is 18.0 Å². The molecule has 0 aromatic heterocycles. The molecule has 0 saturated heterocycles. The third-order valence-corrected chi connectivity index (χ3v) is 7.96. The van der Waals surface area contributed by atoms with Crippen molar-refractivity contribution in [3.05, 3.63) is 118 Å². The van der Waals surface area contributed by atoms with E-state index in [2.05, 4.69) is 0 Å². The van der Waals surface area contributed by atoms with Gasteiger partial charge in [0.05, 0.1) is 15.5 Å². The number of hydrogen-bond acceptors (Lipinski definition) is 5. The Hall–Kier alpha value is -3.94. The predicted molar refractivity (Wildman–Crippen MR) is 133 cm³/mol. The summed E-state index contributed by atoms with van der Waals surface area (Å²) in [6.45, 7) is 0. The number of ether oxygens (including phenoxy) is 1. The minimum atomic E-state index is -4.07. The molecule has 0 amide bonds. The molecule has 0 unspecified atom stereocenters. The molecule has 6 nitrogen and oxygen atoms in total. The molecular weight excluding hydrogens is 486 g/mol. The van der Waals surface area contributed by atoms with Gasteiger partial charge in [0.15, 0.2) is 5.76 Å². The van der Waals surface area contributed by atoms with Gasteiger partial charge < -0.3 is 4.74 Å². The zero-order valence-corrected chi connectivity index (χ0v) is 20.0. The zero-order chi connectivity index (χ0) is 24.7. The van der Waals surface area contributed by atoms with Gasteiger partial charge in [-0.2, -0.15) is 0 Å². The lowest BCUT2D eigenvalue weighted by molar-refractivity contribution is 0.0686. The first-order valence-corrected chi connectivity index (χ1v) is 12.4. The first-order chi connectivity index (χ1) is 16.8. The molecule has 35 heavy (non-hydrogen) atoms. The Bertz CT molecular complexity index is 1660. The molecule has 5 rings (SSSR count). The molecule has 0 N–H and O–H groups in total. The molecule has 1 heterocycles. The average Bonchev–Trinajstić information content (AvgIpc) is 2.87. The van der Waals surface area contributed by atoms with Crippen molar-refractivity contribution in [1.29, 1.82) is 0 Å². The summed E-state index contributed by atoms with van der Waals surface area (Å²) >= 11 is 6.17. The smallest absolute Gasteiger partial charge is 0.345 e. The van der Waals surface area contributed by atoms with Crippen LogP contribution in [0.2, 0.25) is 5.02 Å². The number of benzene rings is 4. The van der Waals surface area contributed by atoms with Gasteiger partial charge in [0, 0.05) is 18.2 Å². The Labute approximate surface area is 207 Å². The van der Waals surface area contributed by atoms with Crippen molar-refractivity contribution in [3.8, 4) is 0 Å². The molecule has 1 aliphatic heterocycles. The number of esters is 1. The molecular formula is C27H18ClNO5S. The Balaban J connectivity index is 1.71. The number of rotatable bonds is 4. The fourth-order valence-electron chi connectivity index (χ4n) is 4.01. The number of allylic oxidation sites excluding steroid dienone is 1. The standard InChI is InChI=1S/C27H18ClNO5S/c1-29-24(25(30)19-15-14-17-8-2-3-9-18(17)16-19)26(21-11-5-7-13-23(21)35(29,32)33)34-27(31)20-10-4-6-12-22(20)28/h2-16H,1H3. The van der Waals surface area contributed by atoms with Crippen LogP contribution in [0.3, 0.4) is 0 Å². The fraction of sp³-hybridized carbons (Fsp3) is 0.0370. The van der Waals surface area contributed by atoms with Crippen LogP contribution in [0.25, 0.3) is 16.5 Å². The highest BCUT2D eigenvalue weighted by Crippen LogP contribution is 2.38. The molecule has 1 aliphatic rings. The molecule has 0 aliphatic carbocycles. The average molecular weight is 504 g/mol. The fourth-order valence-corrected chi connectivity index (χ4v) is 5.61. The molecule has 0 fully saturated rings. The first-order valence-electron chi connectivity index (χ1n) is 10.6. The van der Waals surface area contributed by atoms with Gasteiger partial charge in [-0.3, -0.25) is 9.10 Å². The molecule has 174 valence electrons. The number of likely N-dealkylation sites (N-methyl/N-ethyl adjacent to an activating group) is 1. The molecule has 0 spiro atoms. The van der Waals surface area contributed by atoms with E-state index in [4.69, 9.17) is 16.3 Å². The number of sulfonamides is 1. The van der Waals surface area contributed by atoms with Crippen molar-refractivity contribution in [1.82, 2.24) is 4.31 Å². The van der Waals surface area contributed by atoms with Crippen molar-refractivity contribution in [2.45, 2.75) is 4.90 Å². The van der Waals surface area contributed by atoms with E-state index in [1.54, 1.807) is 48.5 Å². The van der Waals surface area contributed by atoms with Gasteiger partial charge in [-0.25, -0.2) is 13.2 Å². The molecule has 4 aromatic carbocycles. The molecule has 0 bridgehead atoms. The van der Waals surface area contributed by atoms with E-state index in [1.165, 1.54) is 25.2 Å². The van der Waals surface area contributed by atoms with Gasteiger partial charge in [0.1, 0.15) is 5.70 Å². The largest absolute Gasteiger partial charge is 0.420 e. The van der Waals surface area contributed by atoms with Gasteiger partial charge in [0.2, 0.25) is 5.78 Å². The molecule has 0 atom stereocenters. The number of halogens is 1. The van der Waals surface area contributed by atoms with Crippen LogP contribution < -0.4 is 0 Å². The maximum absolute atomic E-state index is 13.8. The molecule has 0 radical (unpaired) electrons. The van der Waals surface area contributed by atoms with Crippen LogP contribution in [0.1, 0.15) is 26.3 Å². The number of carbonyl (C=O) groups is 2. The lowest BCUT2D eigenvalue weighted by Crippen LogP contribution is -2.36. The topological polar surface area (TPSA) is 80.8 Å². The van der Waals surface area contributed by atoms with E-state index in [0.717, 1.165) is 15.1 Å². The monoisotopic (exact) mass is 503 g/mol. The number of hydrogen-bond donors (Lipinski definition) is 0. The lowest BCUT2D eigenvalue weighted by Gasteiger charge is -2.30. The van der Waals surface area contributed by atoms with E-state index in [1.807, 2.05) is 24.3 Å². The summed E-state index contributed by atoms with van der Waals surface area (Å²) in [6, 6.07) is 25.0. The van der Waals surface area contributed by atoms with Crippen LogP contribution >= 0.6 is 11.6 Å². The maximum atomic E-state index is 13.8. The summed E-state index contributed by atoms with van der Waals surface area (Å²) in [5, 5.41) is 1.92. The highest BCUT2D eigenvalue weighted by Gasteiger charge is 2.40. The zero-order valence-electron chi connectivity index (χ0n) is 18.4. The van der Waals surface area contributed by atoms with Crippen LogP contribution in [0.4, 0.5) is 0 Å². The van der Waals surface area contributed by atoms with Gasteiger partial charge in [-0.05, 0) is 41.1 Å². The Morgan fingerprint density at radius 2 is 1.49 bits per heavy atom. The van der Waals surface area contributed by atoms with Gasteiger partial charge >= 0.3 is 5.97 Å². The summed E-state index contributed by atoms with van der Waals surface area (Å²) in [5.41, 5.74) is 0.202. The Morgan fingerprint density at radius 1 is 0.829 bits per heavy atom. The lowest BCUT2D eigenvalue weighted by atomic mass is 10.0. The first kappa shape index (κ1) is 22.8. The summed E-state index contributed by atoms with van der Waals surface area (Å²) < 4.78 is 33.2. The van der Waals surface area contributed by atoms with Crippen LogP contribution in [0.15, 0.2) is 102 Å². The normalized spacial score (nSPS) is 14.5. The summed E-state index contributed by atoms with van der Waals surface area (Å²) in [7, 11) is -2.80. The van der Waals surface area contributed by atoms with Crippen LogP contribution in [-0.4, -0.2) is 31.5 Å². The van der Waals surface area contributed by atoms with Gasteiger partial charge in [0.25, 0.3) is 10.0 Å². The van der Waals surface area contributed by atoms with E-state index in [-0.39, 0.29) is 38.1 Å². The molecule has 8 heteroatoms. The quantitative estimate of drug-likeness (QED) is 0.270. The second-order valence-electron chi connectivity index (χ2n) is 7.91. The van der Waals surface area contributed by atoms with Crippen LogP contribution in [-0.2, 0) is 14.8 Å². The van der Waals surface area contributed by atoms with Crippen molar-refractivity contribution in [2.75, 3.05) is 7.05 Å². The van der Waals surface area contributed by atoms with Crippen LogP contribution in [0.5, 0.6) is 0 Å². The maximum Gasteiger partial charge on any atom is 0.345 e. The van der Waals surface area contributed by atoms with Crippen molar-refractivity contribution in [3.63, 3.8) is 0 Å². The number of nitrogens with zero attached hydrogens (tertiary/aromatic N) is 1. The number of ketones is 1. The number of carbonyl (C=O) groups excluding carboxylic acids is 2. The molecule has 0 saturated carbocycles. The Kier molecular flexibility index (Phi) is 5.67. The van der Waals surface area contributed by atoms with Gasteiger partial charge in [-0.1, -0.05) is 72.3 Å². The number of fused-ring (bicyclic) bond motifs is 2. The van der Waals surface area contributed by atoms with Gasteiger partial charge in [-0.15, -0.1) is 0 Å². The highest BCUT2D eigenvalue weighted by atomic mass is 35.5. The summed E-state index contributed by atoms with van der Waals surface area (Å²) in [5.74, 6) is -1.56. The van der Waals surface area contributed by atoms with Crippen molar-refractivity contribution < 1.29 is 22.7 Å². The minimum absolute atomic E-state index is 0.0699. The van der Waals surface area contributed by atoms with E-state index in [0.29, 0.717) is 0 Å². The molecule has 4 aromatic rings.